The number of H-pyrrole nitrogens is 2. The van der Waals surface area contributed by atoms with Crippen molar-refractivity contribution in [2.75, 3.05) is 18.0 Å². The standard InChI is InChI=1S/C18H25N5O3/c1-4-23(5-2)14-7-6-13(16(24)10-14)11-19-21-17(25)9-8-15-12(3)20-22-18(15)26/h6-7,10-11,24H,4-5,8-9H2,1-3H3,(H,21,25)(H2,20,22,26)/b19-11+. The second kappa shape index (κ2) is 8.89. The molecule has 0 atom stereocenters. The predicted octanol–water partition coefficient (Wildman–Crippen LogP) is 1.65. The van der Waals surface area contributed by atoms with Gasteiger partial charge in [0.05, 0.1) is 6.21 Å². The molecule has 0 aliphatic rings. The molecule has 0 saturated heterocycles. The van der Waals surface area contributed by atoms with Gasteiger partial charge in [0.1, 0.15) is 5.75 Å². The number of carbonyl (C=O) groups excluding carboxylic acids is 1. The van der Waals surface area contributed by atoms with E-state index in [0.717, 1.165) is 24.5 Å². The number of aryl methyl sites for hydroxylation is 1. The molecular weight excluding hydrogens is 334 g/mol. The topological polar surface area (TPSA) is 114 Å². The van der Waals surface area contributed by atoms with E-state index in [2.05, 4.69) is 25.6 Å². The third kappa shape index (κ3) is 4.75. The molecule has 1 aromatic carbocycles. The molecule has 0 unspecified atom stereocenters. The molecule has 140 valence electrons. The van der Waals surface area contributed by atoms with E-state index in [-0.39, 0.29) is 23.6 Å². The summed E-state index contributed by atoms with van der Waals surface area (Å²) in [5.41, 5.74) is 4.93. The van der Waals surface area contributed by atoms with Crippen LogP contribution in [0.15, 0.2) is 28.1 Å². The van der Waals surface area contributed by atoms with Crippen molar-refractivity contribution in [1.82, 2.24) is 15.6 Å². The van der Waals surface area contributed by atoms with Gasteiger partial charge in [0.2, 0.25) is 5.91 Å². The summed E-state index contributed by atoms with van der Waals surface area (Å²) >= 11 is 0. The second-order valence-electron chi connectivity index (χ2n) is 5.89. The van der Waals surface area contributed by atoms with E-state index in [1.165, 1.54) is 6.21 Å². The Bertz CT molecular complexity index is 834. The summed E-state index contributed by atoms with van der Waals surface area (Å²) in [6.07, 6.45) is 1.87. The summed E-state index contributed by atoms with van der Waals surface area (Å²) < 4.78 is 0. The first-order chi connectivity index (χ1) is 12.5. The van der Waals surface area contributed by atoms with Crippen LogP contribution < -0.4 is 15.9 Å². The maximum Gasteiger partial charge on any atom is 0.267 e. The minimum absolute atomic E-state index is 0.0990. The minimum Gasteiger partial charge on any atom is -0.507 e. The number of nitrogens with one attached hydrogen (secondary N) is 3. The maximum atomic E-state index is 11.8. The fraction of sp³-hybridized carbons (Fsp3) is 0.389. The Kier molecular flexibility index (Phi) is 6.60. The molecule has 1 heterocycles. The smallest absolute Gasteiger partial charge is 0.267 e. The van der Waals surface area contributed by atoms with E-state index in [1.54, 1.807) is 19.1 Å². The Morgan fingerprint density at radius 1 is 1.31 bits per heavy atom. The van der Waals surface area contributed by atoms with Crippen molar-refractivity contribution in [3.63, 3.8) is 0 Å². The number of aromatic hydroxyl groups is 1. The lowest BCUT2D eigenvalue weighted by molar-refractivity contribution is -0.121. The van der Waals surface area contributed by atoms with Gasteiger partial charge in [-0.1, -0.05) is 0 Å². The van der Waals surface area contributed by atoms with Crippen LogP contribution in [-0.2, 0) is 11.2 Å². The van der Waals surface area contributed by atoms with E-state index in [0.29, 0.717) is 17.5 Å². The normalized spacial score (nSPS) is 11.0. The Balaban J connectivity index is 1.91. The average Bonchev–Trinajstić information content (AvgIpc) is 2.94. The third-order valence-electron chi connectivity index (χ3n) is 4.23. The fourth-order valence-electron chi connectivity index (χ4n) is 2.67. The zero-order valence-electron chi connectivity index (χ0n) is 15.3. The number of hydrogen-bond donors (Lipinski definition) is 4. The number of nitrogens with zero attached hydrogens (tertiary/aromatic N) is 2. The fourth-order valence-corrected chi connectivity index (χ4v) is 2.67. The number of amides is 1. The second-order valence-corrected chi connectivity index (χ2v) is 5.89. The number of carbonyl (C=O) groups is 1. The highest BCUT2D eigenvalue weighted by molar-refractivity contribution is 5.86. The first-order valence-corrected chi connectivity index (χ1v) is 8.62. The third-order valence-corrected chi connectivity index (χ3v) is 4.23. The Morgan fingerprint density at radius 3 is 2.62 bits per heavy atom. The summed E-state index contributed by atoms with van der Waals surface area (Å²) in [6.45, 7) is 7.57. The molecule has 0 radical (unpaired) electrons. The van der Waals surface area contributed by atoms with Crippen LogP contribution in [0, 0.1) is 6.92 Å². The van der Waals surface area contributed by atoms with Crippen molar-refractivity contribution < 1.29 is 9.90 Å². The lowest BCUT2D eigenvalue weighted by atomic mass is 10.1. The molecule has 0 bridgehead atoms. The van der Waals surface area contributed by atoms with E-state index in [4.69, 9.17) is 0 Å². The van der Waals surface area contributed by atoms with Crippen molar-refractivity contribution in [1.29, 1.82) is 0 Å². The van der Waals surface area contributed by atoms with Crippen LogP contribution in [0.2, 0.25) is 0 Å². The van der Waals surface area contributed by atoms with Gasteiger partial charge < -0.3 is 15.1 Å². The van der Waals surface area contributed by atoms with Crippen LogP contribution in [0.4, 0.5) is 5.69 Å². The average molecular weight is 359 g/mol. The lowest BCUT2D eigenvalue weighted by Crippen LogP contribution is -2.21. The van der Waals surface area contributed by atoms with Crippen molar-refractivity contribution in [2.45, 2.75) is 33.6 Å². The molecular formula is C18H25N5O3. The molecule has 2 aromatic rings. The van der Waals surface area contributed by atoms with Gasteiger partial charge in [0, 0.05) is 48.1 Å². The number of benzene rings is 1. The summed E-state index contributed by atoms with van der Waals surface area (Å²) in [6, 6.07) is 5.33. The SMILES string of the molecule is CCN(CC)c1ccc(/C=N/NC(=O)CCc2c(C)[nH][nH]c2=O)c(O)c1. The quantitative estimate of drug-likeness (QED) is 0.424. The highest BCUT2D eigenvalue weighted by atomic mass is 16.3. The van der Waals surface area contributed by atoms with Crippen LogP contribution in [-0.4, -0.2) is 40.5 Å². The molecule has 0 aliphatic heterocycles. The molecule has 4 N–H and O–H groups in total. The van der Waals surface area contributed by atoms with Crippen LogP contribution in [0.3, 0.4) is 0 Å². The Hall–Kier alpha value is -3.03. The molecule has 8 nitrogen and oxygen atoms in total. The van der Waals surface area contributed by atoms with Gasteiger partial charge in [0.25, 0.3) is 5.56 Å². The summed E-state index contributed by atoms with van der Waals surface area (Å²) in [5, 5.41) is 19.2. The van der Waals surface area contributed by atoms with Crippen LogP contribution in [0.1, 0.15) is 37.1 Å². The van der Waals surface area contributed by atoms with Crippen molar-refractivity contribution >= 4 is 17.8 Å². The zero-order valence-corrected chi connectivity index (χ0v) is 15.3. The monoisotopic (exact) mass is 359 g/mol. The number of anilines is 1. The molecule has 1 aromatic heterocycles. The highest BCUT2D eigenvalue weighted by Crippen LogP contribution is 2.23. The number of phenols is 1. The molecule has 1 amide bonds. The van der Waals surface area contributed by atoms with E-state index in [1.807, 2.05) is 19.9 Å². The van der Waals surface area contributed by atoms with Crippen LogP contribution in [0.5, 0.6) is 5.75 Å². The summed E-state index contributed by atoms with van der Waals surface area (Å²) in [4.78, 5) is 25.5. The lowest BCUT2D eigenvalue weighted by Gasteiger charge is -2.21. The van der Waals surface area contributed by atoms with Crippen LogP contribution >= 0.6 is 0 Å². The van der Waals surface area contributed by atoms with Gasteiger partial charge in [-0.25, -0.2) is 5.43 Å². The highest BCUT2D eigenvalue weighted by Gasteiger charge is 2.09. The predicted molar refractivity (Wildman–Crippen MR) is 102 cm³/mol. The summed E-state index contributed by atoms with van der Waals surface area (Å²) in [7, 11) is 0. The first-order valence-electron chi connectivity index (χ1n) is 8.62. The van der Waals surface area contributed by atoms with Crippen molar-refractivity contribution in [2.24, 2.45) is 5.10 Å². The molecule has 26 heavy (non-hydrogen) atoms. The molecule has 2 rings (SSSR count). The number of hydrazone groups is 1. The van der Waals surface area contributed by atoms with Gasteiger partial charge in [-0.05, 0) is 39.3 Å². The van der Waals surface area contributed by atoms with E-state index >= 15 is 0 Å². The molecule has 0 aliphatic carbocycles. The number of hydrogen-bond acceptors (Lipinski definition) is 5. The van der Waals surface area contributed by atoms with E-state index in [9.17, 15) is 14.7 Å². The van der Waals surface area contributed by atoms with E-state index < -0.39 is 0 Å². The largest absolute Gasteiger partial charge is 0.507 e. The number of phenolic OH excluding ortho intramolecular Hbond substituents is 1. The maximum absolute atomic E-state index is 11.8. The molecule has 0 saturated carbocycles. The first kappa shape index (κ1) is 19.3. The Labute approximate surface area is 151 Å². The van der Waals surface area contributed by atoms with Gasteiger partial charge in [-0.3, -0.25) is 14.7 Å². The van der Waals surface area contributed by atoms with Crippen LogP contribution in [0.25, 0.3) is 0 Å². The Morgan fingerprint density at radius 2 is 2.04 bits per heavy atom. The van der Waals surface area contributed by atoms with Crippen molar-refractivity contribution in [3.8, 4) is 5.75 Å². The number of aromatic amines is 2. The summed E-state index contributed by atoms with van der Waals surface area (Å²) in [5.74, 6) is -0.206. The molecule has 0 spiro atoms. The minimum atomic E-state index is -0.305. The van der Waals surface area contributed by atoms with Gasteiger partial charge in [-0.15, -0.1) is 0 Å². The molecule has 0 fully saturated rings. The van der Waals surface area contributed by atoms with Gasteiger partial charge in [0.15, 0.2) is 0 Å². The number of aromatic nitrogens is 2. The molecule has 8 heteroatoms. The number of rotatable bonds is 8. The van der Waals surface area contributed by atoms with Gasteiger partial charge in [-0.2, -0.15) is 5.10 Å². The van der Waals surface area contributed by atoms with Gasteiger partial charge >= 0.3 is 0 Å². The van der Waals surface area contributed by atoms with Crippen molar-refractivity contribution in [3.05, 3.63) is 45.4 Å². The zero-order chi connectivity index (χ0) is 19.1.